The molecule has 0 aliphatic heterocycles. The molecule has 0 saturated heterocycles. The van der Waals surface area contributed by atoms with Crippen LogP contribution < -0.4 is 5.32 Å². The van der Waals surface area contributed by atoms with E-state index >= 15 is 0 Å². The maximum absolute atomic E-state index is 12.7. The van der Waals surface area contributed by atoms with Gasteiger partial charge in [0.1, 0.15) is 6.04 Å². The number of nitriles is 1. The van der Waals surface area contributed by atoms with Crippen LogP contribution >= 0.6 is 11.6 Å². The molecule has 0 saturated carbocycles. The number of para-hydroxylation sites is 1. The molecule has 142 valence electrons. The van der Waals surface area contributed by atoms with Crippen molar-refractivity contribution in [1.82, 2.24) is 15.2 Å². The summed E-state index contributed by atoms with van der Waals surface area (Å²) in [4.78, 5) is 29.4. The molecule has 0 spiro atoms. The summed E-state index contributed by atoms with van der Waals surface area (Å²) in [6.45, 7) is 0. The van der Waals surface area contributed by atoms with Crippen LogP contribution in [0.4, 0.5) is 0 Å². The average molecular weight is 395 g/mol. The van der Waals surface area contributed by atoms with Crippen molar-refractivity contribution in [2.45, 2.75) is 18.3 Å². The highest BCUT2D eigenvalue weighted by molar-refractivity contribution is 6.17. The van der Waals surface area contributed by atoms with Gasteiger partial charge >= 0.3 is 0 Å². The molecule has 1 aromatic heterocycles. The highest BCUT2D eigenvalue weighted by Gasteiger charge is 2.26. The Morgan fingerprint density at radius 1 is 1.21 bits per heavy atom. The lowest BCUT2D eigenvalue weighted by atomic mass is 10.0. The summed E-state index contributed by atoms with van der Waals surface area (Å²) in [7, 11) is 1.38. The Morgan fingerprint density at radius 3 is 2.61 bits per heavy atom. The highest BCUT2D eigenvalue weighted by Crippen LogP contribution is 2.20. The van der Waals surface area contributed by atoms with Crippen LogP contribution in [-0.2, 0) is 17.1 Å². The number of carbonyl (C=O) groups is 2. The number of rotatable bonds is 6. The Kier molecular flexibility index (Phi) is 5.97. The van der Waals surface area contributed by atoms with E-state index in [2.05, 4.69) is 10.3 Å². The van der Waals surface area contributed by atoms with Crippen LogP contribution in [0, 0.1) is 11.5 Å². The van der Waals surface area contributed by atoms with Crippen LogP contribution in [0.3, 0.4) is 0 Å². The van der Waals surface area contributed by atoms with E-state index in [1.54, 1.807) is 30.5 Å². The summed E-state index contributed by atoms with van der Waals surface area (Å²) in [5.74, 6) is -0.500. The van der Waals surface area contributed by atoms with Crippen LogP contribution in [0.15, 0.2) is 54.7 Å². The molecular weight excluding hydrogens is 376 g/mol. The topological polar surface area (TPSA) is 89.0 Å². The molecule has 2 N–H and O–H groups in total. The lowest BCUT2D eigenvalue weighted by Crippen LogP contribution is -2.47. The third-order valence-electron chi connectivity index (χ3n) is 4.55. The van der Waals surface area contributed by atoms with Crippen molar-refractivity contribution in [3.05, 3.63) is 71.4 Å². The first-order valence-electron chi connectivity index (χ1n) is 8.71. The van der Waals surface area contributed by atoms with E-state index < -0.39 is 11.9 Å². The van der Waals surface area contributed by atoms with Gasteiger partial charge in [-0.15, -0.1) is 11.6 Å². The second-order valence-electron chi connectivity index (χ2n) is 6.42. The zero-order valence-corrected chi connectivity index (χ0v) is 16.0. The third-order valence-corrected chi connectivity index (χ3v) is 4.86. The summed E-state index contributed by atoms with van der Waals surface area (Å²) in [6, 6.07) is 13.7. The van der Waals surface area contributed by atoms with Crippen LogP contribution in [0.25, 0.3) is 10.9 Å². The van der Waals surface area contributed by atoms with Crippen molar-refractivity contribution in [2.24, 2.45) is 0 Å². The van der Waals surface area contributed by atoms with Crippen molar-refractivity contribution in [3.63, 3.8) is 0 Å². The second-order valence-corrected chi connectivity index (χ2v) is 6.68. The Morgan fingerprint density at radius 2 is 1.93 bits per heavy atom. The summed E-state index contributed by atoms with van der Waals surface area (Å²) >= 11 is 5.78. The lowest BCUT2D eigenvalue weighted by molar-refractivity contribution is -0.129. The normalized spacial score (nSPS) is 11.6. The van der Waals surface area contributed by atoms with Crippen molar-refractivity contribution in [2.75, 3.05) is 7.05 Å². The summed E-state index contributed by atoms with van der Waals surface area (Å²) in [5.41, 5.74) is 3.15. The number of hydrogen-bond acceptors (Lipinski definition) is 3. The minimum Gasteiger partial charge on any atom is -0.361 e. The van der Waals surface area contributed by atoms with E-state index in [0.29, 0.717) is 11.4 Å². The van der Waals surface area contributed by atoms with E-state index in [1.165, 1.54) is 7.05 Å². The monoisotopic (exact) mass is 394 g/mol. The lowest BCUT2D eigenvalue weighted by Gasteiger charge is -2.20. The standard InChI is InChI=1S/C21H19ClN4O2/c1-26(13-23)21(28)19(10-16-12-24-18-5-3-2-4-17(16)18)25-20(27)15-8-6-14(11-22)7-9-15/h2-9,12,19,24H,10-11H2,1H3,(H,25,27). The first-order valence-corrected chi connectivity index (χ1v) is 9.25. The number of alkyl halides is 1. The molecule has 1 heterocycles. The quantitative estimate of drug-likeness (QED) is 0.382. The van der Waals surface area contributed by atoms with Gasteiger partial charge in [-0.1, -0.05) is 30.3 Å². The van der Waals surface area contributed by atoms with Gasteiger partial charge in [0.15, 0.2) is 6.19 Å². The van der Waals surface area contributed by atoms with Gasteiger partial charge in [0.05, 0.1) is 0 Å². The number of halogens is 1. The van der Waals surface area contributed by atoms with E-state index in [4.69, 9.17) is 16.9 Å². The smallest absolute Gasteiger partial charge is 0.258 e. The predicted octanol–water partition coefficient (Wildman–Crippen LogP) is 3.19. The summed E-state index contributed by atoms with van der Waals surface area (Å²) in [6.07, 6.45) is 3.88. The number of aromatic nitrogens is 1. The number of likely N-dealkylation sites (N-methyl/N-ethyl adjacent to an activating group) is 1. The number of nitrogens with zero attached hydrogens (tertiary/aromatic N) is 2. The zero-order chi connectivity index (χ0) is 20.1. The second kappa shape index (κ2) is 8.59. The fourth-order valence-electron chi connectivity index (χ4n) is 2.99. The molecule has 0 bridgehead atoms. The molecule has 0 radical (unpaired) electrons. The van der Waals surface area contributed by atoms with Crippen molar-refractivity contribution < 1.29 is 9.59 Å². The van der Waals surface area contributed by atoms with E-state index in [9.17, 15) is 9.59 Å². The van der Waals surface area contributed by atoms with Gasteiger partial charge in [-0.2, -0.15) is 5.26 Å². The fraction of sp³-hybridized carbons (Fsp3) is 0.190. The van der Waals surface area contributed by atoms with Gasteiger partial charge in [-0.05, 0) is 29.3 Å². The molecule has 2 amide bonds. The molecule has 1 atom stereocenters. The number of benzene rings is 2. The number of amides is 2. The van der Waals surface area contributed by atoms with Gasteiger partial charge in [0, 0.05) is 42.0 Å². The number of hydrogen-bond donors (Lipinski definition) is 2. The van der Waals surface area contributed by atoms with Crippen LogP contribution in [0.5, 0.6) is 0 Å². The molecule has 3 aromatic rings. The van der Waals surface area contributed by atoms with Crippen molar-refractivity contribution in [3.8, 4) is 6.19 Å². The molecule has 6 nitrogen and oxygen atoms in total. The first kappa shape index (κ1) is 19.5. The largest absolute Gasteiger partial charge is 0.361 e. The molecule has 0 aliphatic rings. The Hall–Kier alpha value is -3.30. The first-order chi connectivity index (χ1) is 13.5. The van der Waals surface area contributed by atoms with Gasteiger partial charge in [-0.3, -0.25) is 14.5 Å². The van der Waals surface area contributed by atoms with Crippen molar-refractivity contribution >= 4 is 34.3 Å². The third kappa shape index (κ3) is 4.16. The molecule has 3 rings (SSSR count). The van der Waals surface area contributed by atoms with E-state index in [-0.39, 0.29) is 12.3 Å². The summed E-state index contributed by atoms with van der Waals surface area (Å²) < 4.78 is 0. The Bertz CT molecular complexity index is 1040. The van der Waals surface area contributed by atoms with Gasteiger partial charge < -0.3 is 10.3 Å². The molecular formula is C21H19ClN4O2. The van der Waals surface area contributed by atoms with Crippen LogP contribution in [-0.4, -0.2) is 34.8 Å². The van der Waals surface area contributed by atoms with Gasteiger partial charge in [0.25, 0.3) is 11.8 Å². The molecule has 0 fully saturated rings. The molecule has 2 aromatic carbocycles. The molecule has 28 heavy (non-hydrogen) atoms. The summed E-state index contributed by atoms with van der Waals surface area (Å²) in [5, 5.41) is 12.8. The predicted molar refractivity (Wildman–Crippen MR) is 108 cm³/mol. The molecule has 7 heteroatoms. The van der Waals surface area contributed by atoms with Crippen LogP contribution in [0.2, 0.25) is 0 Å². The fourth-order valence-corrected chi connectivity index (χ4v) is 3.17. The van der Waals surface area contributed by atoms with E-state index in [0.717, 1.165) is 26.9 Å². The minimum absolute atomic E-state index is 0.264. The molecule has 1 unspecified atom stereocenters. The SMILES string of the molecule is CN(C#N)C(=O)C(Cc1c[nH]c2ccccc12)NC(=O)c1ccc(CCl)cc1. The van der Waals surface area contributed by atoms with Gasteiger partial charge in [0.2, 0.25) is 0 Å². The van der Waals surface area contributed by atoms with Crippen molar-refractivity contribution in [1.29, 1.82) is 5.26 Å². The maximum atomic E-state index is 12.7. The zero-order valence-electron chi connectivity index (χ0n) is 15.3. The van der Waals surface area contributed by atoms with Gasteiger partial charge in [-0.25, -0.2) is 0 Å². The Balaban J connectivity index is 1.85. The number of fused-ring (bicyclic) bond motifs is 1. The molecule has 0 aliphatic carbocycles. The number of aromatic amines is 1. The number of H-pyrrole nitrogens is 1. The highest BCUT2D eigenvalue weighted by atomic mass is 35.5. The number of nitrogens with one attached hydrogen (secondary N) is 2. The maximum Gasteiger partial charge on any atom is 0.258 e. The Labute approximate surface area is 167 Å². The van der Waals surface area contributed by atoms with Crippen LogP contribution in [0.1, 0.15) is 21.5 Å². The van der Waals surface area contributed by atoms with E-state index in [1.807, 2.05) is 30.5 Å². The average Bonchev–Trinajstić information content (AvgIpc) is 3.15. The number of carbonyl (C=O) groups excluding carboxylic acids is 2. The minimum atomic E-state index is -0.871.